The molecule has 36 heavy (non-hydrogen) atoms. The molecule has 5 aromatic rings. The second kappa shape index (κ2) is 10.1. The summed E-state index contributed by atoms with van der Waals surface area (Å²) >= 11 is 0. The van der Waals surface area contributed by atoms with E-state index in [1.54, 1.807) is 13.4 Å². The van der Waals surface area contributed by atoms with E-state index in [0.29, 0.717) is 23.9 Å². The molecule has 0 radical (unpaired) electrons. The molecule has 0 atom stereocenters. The lowest BCUT2D eigenvalue weighted by Crippen LogP contribution is -2.20. The van der Waals surface area contributed by atoms with Gasteiger partial charge in [-0.05, 0) is 62.1 Å². The SMILES string of the molecule is COc1cc2c(Nc3ccc4cc[nH]c4c3)ncnc2cc1OCCCN(C)c1cc(C)nc(C)c1. The van der Waals surface area contributed by atoms with Crippen LogP contribution in [0.15, 0.2) is 61.1 Å². The molecule has 0 aliphatic carbocycles. The Morgan fingerprint density at radius 1 is 0.972 bits per heavy atom. The molecule has 3 aromatic heterocycles. The van der Waals surface area contributed by atoms with Crippen LogP contribution in [-0.4, -0.2) is 47.2 Å². The van der Waals surface area contributed by atoms with Crippen LogP contribution in [-0.2, 0) is 0 Å². The zero-order valence-corrected chi connectivity index (χ0v) is 21.0. The van der Waals surface area contributed by atoms with Crippen LogP contribution in [0.5, 0.6) is 11.5 Å². The van der Waals surface area contributed by atoms with E-state index in [1.165, 1.54) is 0 Å². The molecule has 0 bridgehead atoms. The number of benzene rings is 2. The fraction of sp³-hybridized carbons (Fsp3) is 0.250. The maximum atomic E-state index is 6.12. The first-order chi connectivity index (χ1) is 17.5. The minimum Gasteiger partial charge on any atom is -0.493 e. The van der Waals surface area contributed by atoms with Crippen molar-refractivity contribution in [3.63, 3.8) is 0 Å². The molecule has 2 N–H and O–H groups in total. The zero-order chi connectivity index (χ0) is 25.1. The molecule has 2 aromatic carbocycles. The summed E-state index contributed by atoms with van der Waals surface area (Å²) in [6.45, 7) is 5.45. The van der Waals surface area contributed by atoms with E-state index in [9.17, 15) is 0 Å². The number of nitrogens with one attached hydrogen (secondary N) is 2. The first kappa shape index (κ1) is 23.4. The molecule has 8 nitrogen and oxygen atoms in total. The minimum atomic E-state index is 0.557. The van der Waals surface area contributed by atoms with Gasteiger partial charge in [-0.15, -0.1) is 0 Å². The average Bonchev–Trinajstić information content (AvgIpc) is 3.33. The highest BCUT2D eigenvalue weighted by molar-refractivity contribution is 5.94. The van der Waals surface area contributed by atoms with Crippen molar-refractivity contribution in [2.45, 2.75) is 20.3 Å². The van der Waals surface area contributed by atoms with E-state index in [-0.39, 0.29) is 0 Å². The second-order valence-electron chi connectivity index (χ2n) is 8.88. The Morgan fingerprint density at radius 2 is 1.81 bits per heavy atom. The number of rotatable bonds is 9. The van der Waals surface area contributed by atoms with Gasteiger partial charge in [0.25, 0.3) is 0 Å². The van der Waals surface area contributed by atoms with E-state index in [1.807, 2.05) is 44.3 Å². The predicted molar refractivity (Wildman–Crippen MR) is 145 cm³/mol. The highest BCUT2D eigenvalue weighted by Gasteiger charge is 2.13. The van der Waals surface area contributed by atoms with Crippen molar-refractivity contribution in [1.29, 1.82) is 0 Å². The molecule has 184 valence electrons. The number of fused-ring (bicyclic) bond motifs is 2. The van der Waals surface area contributed by atoms with Gasteiger partial charge in [0, 0.05) is 59.5 Å². The summed E-state index contributed by atoms with van der Waals surface area (Å²) < 4.78 is 11.8. The Morgan fingerprint density at radius 3 is 2.61 bits per heavy atom. The van der Waals surface area contributed by atoms with Crippen molar-refractivity contribution >= 4 is 39.0 Å². The quantitative estimate of drug-likeness (QED) is 0.257. The second-order valence-corrected chi connectivity index (χ2v) is 8.88. The summed E-state index contributed by atoms with van der Waals surface area (Å²) in [5.74, 6) is 2.02. The Kier molecular flexibility index (Phi) is 6.58. The Bertz CT molecular complexity index is 1490. The fourth-order valence-electron chi connectivity index (χ4n) is 4.34. The number of hydrogen-bond donors (Lipinski definition) is 2. The number of aromatic nitrogens is 4. The number of hydrogen-bond acceptors (Lipinski definition) is 7. The van der Waals surface area contributed by atoms with E-state index < -0.39 is 0 Å². The number of anilines is 3. The lowest BCUT2D eigenvalue weighted by molar-refractivity contribution is 0.291. The van der Waals surface area contributed by atoms with E-state index in [0.717, 1.165) is 57.5 Å². The van der Waals surface area contributed by atoms with Crippen LogP contribution < -0.4 is 19.7 Å². The van der Waals surface area contributed by atoms with Crippen LogP contribution in [0.1, 0.15) is 17.8 Å². The normalized spacial score (nSPS) is 11.1. The molecule has 8 heteroatoms. The first-order valence-electron chi connectivity index (χ1n) is 12.0. The smallest absolute Gasteiger partial charge is 0.163 e. The van der Waals surface area contributed by atoms with E-state index in [2.05, 4.69) is 61.5 Å². The van der Waals surface area contributed by atoms with Gasteiger partial charge in [-0.1, -0.05) is 6.07 Å². The summed E-state index contributed by atoms with van der Waals surface area (Å²) in [5, 5.41) is 5.43. The van der Waals surface area contributed by atoms with Gasteiger partial charge in [-0.25, -0.2) is 9.97 Å². The maximum absolute atomic E-state index is 6.12. The number of H-pyrrole nitrogens is 1. The summed E-state index contributed by atoms with van der Waals surface area (Å²) in [4.78, 5) is 18.9. The summed E-state index contributed by atoms with van der Waals surface area (Å²) in [5.41, 5.74) is 5.99. The van der Waals surface area contributed by atoms with Gasteiger partial charge in [0.1, 0.15) is 12.1 Å². The van der Waals surface area contributed by atoms with Gasteiger partial charge in [0.2, 0.25) is 0 Å². The first-order valence-corrected chi connectivity index (χ1v) is 12.0. The van der Waals surface area contributed by atoms with Crippen molar-refractivity contribution < 1.29 is 9.47 Å². The standard InChI is InChI=1S/C28H30N6O2/c1-18-12-22(13-19(2)32-18)34(3)10-5-11-36-27-16-25-23(15-26(27)35-4)28(31-17-30-25)33-21-7-6-20-8-9-29-24(20)14-21/h6-9,12-17,29H,5,10-11H2,1-4H3,(H,30,31,33). The minimum absolute atomic E-state index is 0.557. The van der Waals surface area contributed by atoms with Gasteiger partial charge in [0.15, 0.2) is 11.5 Å². The topological polar surface area (TPSA) is 88.2 Å². The van der Waals surface area contributed by atoms with Crippen molar-refractivity contribution in [3.05, 3.63) is 72.4 Å². The lowest BCUT2D eigenvalue weighted by Gasteiger charge is -2.20. The highest BCUT2D eigenvalue weighted by Crippen LogP contribution is 2.35. The van der Waals surface area contributed by atoms with Gasteiger partial charge in [-0.3, -0.25) is 4.98 Å². The number of pyridine rings is 1. The molecule has 0 aliphatic heterocycles. The van der Waals surface area contributed by atoms with Crippen LogP contribution in [0.2, 0.25) is 0 Å². The molecular weight excluding hydrogens is 452 g/mol. The summed E-state index contributed by atoms with van der Waals surface area (Å²) in [6, 6.07) is 16.2. The van der Waals surface area contributed by atoms with Crippen molar-refractivity contribution in [2.75, 3.05) is 37.5 Å². The molecule has 0 unspecified atom stereocenters. The molecule has 0 amide bonds. The monoisotopic (exact) mass is 482 g/mol. The molecule has 3 heterocycles. The highest BCUT2D eigenvalue weighted by atomic mass is 16.5. The van der Waals surface area contributed by atoms with E-state index in [4.69, 9.17) is 9.47 Å². The Hall–Kier alpha value is -4.33. The molecule has 0 saturated carbocycles. The zero-order valence-electron chi connectivity index (χ0n) is 21.0. The van der Waals surface area contributed by atoms with Crippen LogP contribution in [0, 0.1) is 13.8 Å². The van der Waals surface area contributed by atoms with E-state index >= 15 is 0 Å². The van der Waals surface area contributed by atoms with Gasteiger partial charge < -0.3 is 24.7 Å². The van der Waals surface area contributed by atoms with Crippen LogP contribution >= 0.6 is 0 Å². The van der Waals surface area contributed by atoms with Crippen LogP contribution in [0.4, 0.5) is 17.2 Å². The number of nitrogens with zero attached hydrogens (tertiary/aromatic N) is 4. The fourth-order valence-corrected chi connectivity index (χ4v) is 4.34. The molecule has 0 saturated heterocycles. The summed E-state index contributed by atoms with van der Waals surface area (Å²) in [6.07, 6.45) is 4.34. The average molecular weight is 483 g/mol. The van der Waals surface area contributed by atoms with Crippen LogP contribution in [0.3, 0.4) is 0 Å². The van der Waals surface area contributed by atoms with Crippen molar-refractivity contribution in [1.82, 2.24) is 19.9 Å². The van der Waals surface area contributed by atoms with Gasteiger partial charge >= 0.3 is 0 Å². The third kappa shape index (κ3) is 5.02. The largest absolute Gasteiger partial charge is 0.493 e. The number of methoxy groups -OCH3 is 1. The number of aromatic amines is 1. The maximum Gasteiger partial charge on any atom is 0.163 e. The molecule has 5 rings (SSSR count). The summed E-state index contributed by atoms with van der Waals surface area (Å²) in [7, 11) is 3.73. The van der Waals surface area contributed by atoms with Crippen molar-refractivity contribution in [3.8, 4) is 11.5 Å². The molecular formula is C28H30N6O2. The Labute approximate surface area is 210 Å². The number of ether oxygens (including phenoxy) is 2. The Balaban J connectivity index is 1.29. The molecule has 0 fully saturated rings. The van der Waals surface area contributed by atoms with Gasteiger partial charge in [-0.2, -0.15) is 0 Å². The van der Waals surface area contributed by atoms with Crippen molar-refractivity contribution in [2.24, 2.45) is 0 Å². The number of aryl methyl sites for hydroxylation is 2. The molecule has 0 spiro atoms. The third-order valence-corrected chi connectivity index (χ3v) is 6.14. The third-order valence-electron chi connectivity index (χ3n) is 6.14. The lowest BCUT2D eigenvalue weighted by atomic mass is 10.2. The molecule has 0 aliphatic rings. The predicted octanol–water partition coefficient (Wildman–Crippen LogP) is 5.78. The van der Waals surface area contributed by atoms with Crippen LogP contribution in [0.25, 0.3) is 21.8 Å². The van der Waals surface area contributed by atoms with Gasteiger partial charge in [0.05, 0.1) is 19.2 Å².